The van der Waals surface area contributed by atoms with Gasteiger partial charge in [0, 0.05) is 17.1 Å². The summed E-state index contributed by atoms with van der Waals surface area (Å²) in [5, 5.41) is 3.27. The zero-order chi connectivity index (χ0) is 14.0. The molecule has 0 radical (unpaired) electrons. The zero-order valence-electron chi connectivity index (χ0n) is 10.0. The third-order valence-corrected chi connectivity index (χ3v) is 3.69. The third-order valence-electron chi connectivity index (χ3n) is 2.47. The molecule has 1 aromatic heterocycles. The van der Waals surface area contributed by atoms with E-state index in [9.17, 15) is 9.18 Å². The molecule has 0 saturated carbocycles. The second kappa shape index (κ2) is 5.54. The van der Waals surface area contributed by atoms with Crippen LogP contribution in [0.1, 0.15) is 20.9 Å². The van der Waals surface area contributed by atoms with E-state index in [2.05, 4.69) is 10.3 Å². The molecule has 0 bridgehead atoms. The Balaban J connectivity index is 2.06. The van der Waals surface area contributed by atoms with E-state index >= 15 is 0 Å². The van der Waals surface area contributed by atoms with Crippen molar-refractivity contribution in [3.63, 3.8) is 0 Å². The Morgan fingerprint density at radius 1 is 1.58 bits per heavy atom. The minimum atomic E-state index is -0.451. The van der Waals surface area contributed by atoms with Crippen molar-refractivity contribution in [2.24, 2.45) is 0 Å². The first-order valence-electron chi connectivity index (χ1n) is 5.42. The van der Waals surface area contributed by atoms with Crippen LogP contribution in [0.5, 0.6) is 0 Å². The van der Waals surface area contributed by atoms with Gasteiger partial charge in [-0.3, -0.25) is 4.79 Å². The Labute approximate surface area is 118 Å². The van der Waals surface area contributed by atoms with Crippen molar-refractivity contribution >= 4 is 34.0 Å². The van der Waals surface area contributed by atoms with Crippen LogP contribution >= 0.6 is 22.9 Å². The van der Waals surface area contributed by atoms with Gasteiger partial charge in [-0.1, -0.05) is 29.0 Å². The molecule has 0 aliphatic heterocycles. The lowest BCUT2D eigenvalue weighted by Gasteiger charge is -2.05. The van der Waals surface area contributed by atoms with E-state index in [1.54, 1.807) is 13.0 Å². The molecular formula is C12H11ClFN3OS. The number of benzene rings is 1. The molecule has 7 heteroatoms. The minimum absolute atomic E-state index is 0.0824. The Morgan fingerprint density at radius 2 is 2.32 bits per heavy atom. The first kappa shape index (κ1) is 13.8. The lowest BCUT2D eigenvalue weighted by Crippen LogP contribution is -2.23. The smallest absolute Gasteiger partial charge is 0.263 e. The van der Waals surface area contributed by atoms with Gasteiger partial charge in [0.15, 0.2) is 5.13 Å². The number of carbonyl (C=O) groups is 1. The molecule has 1 aromatic carbocycles. The number of aromatic nitrogens is 1. The van der Waals surface area contributed by atoms with Crippen LogP contribution in [-0.2, 0) is 6.54 Å². The highest BCUT2D eigenvalue weighted by molar-refractivity contribution is 7.17. The summed E-state index contributed by atoms with van der Waals surface area (Å²) in [6.45, 7) is 1.78. The van der Waals surface area contributed by atoms with E-state index in [1.807, 2.05) is 0 Å². The van der Waals surface area contributed by atoms with E-state index < -0.39 is 5.82 Å². The predicted octanol–water partition coefficient (Wildman–Crippen LogP) is 2.76. The number of anilines is 1. The summed E-state index contributed by atoms with van der Waals surface area (Å²) in [7, 11) is 0. The minimum Gasteiger partial charge on any atom is -0.375 e. The van der Waals surface area contributed by atoms with Crippen molar-refractivity contribution in [3.8, 4) is 0 Å². The summed E-state index contributed by atoms with van der Waals surface area (Å²) < 4.78 is 13.5. The molecule has 100 valence electrons. The molecule has 3 N–H and O–H groups in total. The summed E-state index contributed by atoms with van der Waals surface area (Å²) in [5.74, 6) is -0.769. The molecule has 2 rings (SSSR count). The highest BCUT2D eigenvalue weighted by Crippen LogP contribution is 2.20. The lowest BCUT2D eigenvalue weighted by atomic mass is 10.2. The maximum absolute atomic E-state index is 13.5. The zero-order valence-corrected chi connectivity index (χ0v) is 11.6. The monoisotopic (exact) mass is 299 g/mol. The summed E-state index contributed by atoms with van der Waals surface area (Å²) >= 11 is 6.76. The standard InChI is InChI=1S/C12H11ClFN3OS/c1-6-10(19-12(15)17-6)11(18)16-5-7-2-3-8(13)4-9(7)14/h2-4H,5H2,1H3,(H2,15,17)(H,16,18). The van der Waals surface area contributed by atoms with Crippen LogP contribution in [-0.4, -0.2) is 10.9 Å². The topological polar surface area (TPSA) is 68.0 Å². The first-order chi connectivity index (χ1) is 8.97. The summed E-state index contributed by atoms with van der Waals surface area (Å²) in [6.07, 6.45) is 0. The van der Waals surface area contributed by atoms with Gasteiger partial charge in [0.05, 0.1) is 5.69 Å². The number of nitrogens with zero attached hydrogens (tertiary/aromatic N) is 1. The number of hydrogen-bond donors (Lipinski definition) is 2. The predicted molar refractivity (Wildman–Crippen MR) is 73.8 cm³/mol. The second-order valence-corrected chi connectivity index (χ2v) is 5.35. The third kappa shape index (κ3) is 3.21. The van der Waals surface area contributed by atoms with Crippen LogP contribution in [0.25, 0.3) is 0 Å². The van der Waals surface area contributed by atoms with Gasteiger partial charge in [-0.2, -0.15) is 0 Å². The largest absolute Gasteiger partial charge is 0.375 e. The summed E-state index contributed by atoms with van der Waals surface area (Å²) in [6, 6.07) is 4.31. The van der Waals surface area contributed by atoms with Crippen molar-refractivity contribution in [1.82, 2.24) is 10.3 Å². The van der Waals surface area contributed by atoms with Crippen LogP contribution in [0.15, 0.2) is 18.2 Å². The molecule has 19 heavy (non-hydrogen) atoms. The molecule has 0 unspecified atom stereocenters. The highest BCUT2D eigenvalue weighted by atomic mass is 35.5. The van der Waals surface area contributed by atoms with Crippen LogP contribution in [0, 0.1) is 12.7 Å². The maximum Gasteiger partial charge on any atom is 0.263 e. The van der Waals surface area contributed by atoms with Crippen LogP contribution in [0.4, 0.5) is 9.52 Å². The first-order valence-corrected chi connectivity index (χ1v) is 6.62. The van der Waals surface area contributed by atoms with Crippen LogP contribution in [0.2, 0.25) is 5.02 Å². The summed E-state index contributed by atoms with van der Waals surface area (Å²) in [5.41, 5.74) is 6.45. The number of nitrogens with two attached hydrogens (primary N) is 1. The Hall–Kier alpha value is -1.66. The number of hydrogen-bond acceptors (Lipinski definition) is 4. The quantitative estimate of drug-likeness (QED) is 0.915. The average molecular weight is 300 g/mol. The number of aryl methyl sites for hydroxylation is 1. The second-order valence-electron chi connectivity index (χ2n) is 3.89. The Bertz CT molecular complexity index is 629. The van der Waals surface area contributed by atoms with E-state index in [4.69, 9.17) is 17.3 Å². The number of halogens is 2. The van der Waals surface area contributed by atoms with Gasteiger partial charge in [0.25, 0.3) is 5.91 Å². The van der Waals surface area contributed by atoms with E-state index in [0.717, 1.165) is 11.3 Å². The van der Waals surface area contributed by atoms with Gasteiger partial charge in [-0.15, -0.1) is 0 Å². The molecule has 0 spiro atoms. The van der Waals surface area contributed by atoms with E-state index in [-0.39, 0.29) is 12.5 Å². The molecule has 0 atom stereocenters. The Morgan fingerprint density at radius 3 is 2.89 bits per heavy atom. The molecule has 1 heterocycles. The van der Waals surface area contributed by atoms with Gasteiger partial charge in [-0.25, -0.2) is 9.37 Å². The number of carbonyl (C=O) groups excluding carboxylic acids is 1. The number of thiazole rings is 1. The normalized spacial score (nSPS) is 10.5. The maximum atomic E-state index is 13.5. The van der Waals surface area contributed by atoms with Crippen molar-refractivity contribution < 1.29 is 9.18 Å². The molecule has 0 saturated heterocycles. The fraction of sp³-hybridized carbons (Fsp3) is 0.167. The van der Waals surface area contributed by atoms with E-state index in [0.29, 0.717) is 26.3 Å². The molecule has 0 fully saturated rings. The molecule has 2 aromatic rings. The number of nitrogen functional groups attached to an aromatic ring is 1. The SMILES string of the molecule is Cc1nc(N)sc1C(=O)NCc1ccc(Cl)cc1F. The molecule has 0 aliphatic carbocycles. The number of nitrogens with one attached hydrogen (secondary N) is 1. The number of amides is 1. The lowest BCUT2D eigenvalue weighted by molar-refractivity contribution is 0.0954. The fourth-order valence-electron chi connectivity index (χ4n) is 1.55. The molecule has 1 amide bonds. The van der Waals surface area contributed by atoms with Gasteiger partial charge in [0.1, 0.15) is 10.7 Å². The van der Waals surface area contributed by atoms with Crippen LogP contribution in [0.3, 0.4) is 0 Å². The van der Waals surface area contributed by atoms with E-state index in [1.165, 1.54) is 12.1 Å². The Kier molecular flexibility index (Phi) is 4.01. The van der Waals surface area contributed by atoms with Crippen molar-refractivity contribution in [2.75, 3.05) is 5.73 Å². The highest BCUT2D eigenvalue weighted by Gasteiger charge is 2.14. The van der Waals surface area contributed by atoms with Gasteiger partial charge >= 0.3 is 0 Å². The van der Waals surface area contributed by atoms with Crippen molar-refractivity contribution in [1.29, 1.82) is 0 Å². The van der Waals surface area contributed by atoms with Crippen molar-refractivity contribution in [2.45, 2.75) is 13.5 Å². The summed E-state index contributed by atoms with van der Waals surface area (Å²) in [4.78, 5) is 16.3. The fourth-order valence-corrected chi connectivity index (χ4v) is 2.46. The average Bonchev–Trinajstić information content (AvgIpc) is 2.67. The molecular weight excluding hydrogens is 289 g/mol. The molecule has 0 aliphatic rings. The van der Waals surface area contributed by atoms with Crippen molar-refractivity contribution in [3.05, 3.63) is 45.2 Å². The van der Waals surface area contributed by atoms with Gasteiger partial charge < -0.3 is 11.1 Å². The molecule has 4 nitrogen and oxygen atoms in total. The van der Waals surface area contributed by atoms with Gasteiger partial charge in [0.2, 0.25) is 0 Å². The van der Waals surface area contributed by atoms with Gasteiger partial charge in [-0.05, 0) is 19.1 Å². The number of rotatable bonds is 3. The van der Waals surface area contributed by atoms with Crippen LogP contribution < -0.4 is 11.1 Å².